The summed E-state index contributed by atoms with van der Waals surface area (Å²) in [6.07, 6.45) is 6.40. The molecule has 0 spiro atoms. The lowest BCUT2D eigenvalue weighted by atomic mass is 9.82. The van der Waals surface area contributed by atoms with Crippen molar-refractivity contribution in [1.82, 2.24) is 0 Å². The predicted molar refractivity (Wildman–Crippen MR) is 68.1 cm³/mol. The highest BCUT2D eigenvalue weighted by atomic mass is 16.5. The molecule has 0 amide bonds. The quantitative estimate of drug-likeness (QED) is 0.377. The van der Waals surface area contributed by atoms with Gasteiger partial charge < -0.3 is 10.3 Å². The van der Waals surface area contributed by atoms with Gasteiger partial charge in [0.25, 0.3) is 0 Å². The maximum absolute atomic E-state index is 12.2. The maximum atomic E-state index is 12.2. The lowest BCUT2D eigenvalue weighted by molar-refractivity contribution is -0.555. The minimum atomic E-state index is -0.589. The van der Waals surface area contributed by atoms with E-state index in [0.29, 0.717) is 0 Å². The van der Waals surface area contributed by atoms with Gasteiger partial charge in [-0.25, -0.2) is 4.74 Å². The zero-order chi connectivity index (χ0) is 12.1. The molecule has 1 aromatic rings. The van der Waals surface area contributed by atoms with Crippen LogP contribution in [0.2, 0.25) is 0 Å². The van der Waals surface area contributed by atoms with E-state index in [1.165, 1.54) is 6.42 Å². The van der Waals surface area contributed by atoms with E-state index in [-0.39, 0.29) is 6.61 Å². The summed E-state index contributed by atoms with van der Waals surface area (Å²) in [7, 11) is 0. The number of aliphatic hydroxyl groups excluding tert-OH is 1. The van der Waals surface area contributed by atoms with Crippen LogP contribution < -0.4 is 0 Å². The van der Waals surface area contributed by atoms with Crippen LogP contribution in [-0.4, -0.2) is 28.2 Å². The molecule has 92 valence electrons. The molecule has 2 rings (SSSR count). The molecule has 0 atom stereocenters. The van der Waals surface area contributed by atoms with Crippen molar-refractivity contribution in [2.24, 2.45) is 0 Å². The molecule has 0 radical (unpaired) electrons. The monoisotopic (exact) mass is 233 g/mol. The van der Waals surface area contributed by atoms with Gasteiger partial charge in [0.1, 0.15) is 6.61 Å². The summed E-state index contributed by atoms with van der Waals surface area (Å²) in [6.45, 7) is -0.0557. The molecule has 17 heavy (non-hydrogen) atoms. The highest BCUT2D eigenvalue weighted by Crippen LogP contribution is 2.30. The number of aliphatic hydroxyl groups is 1. The van der Waals surface area contributed by atoms with Gasteiger partial charge in [0.15, 0.2) is 11.8 Å². The standard InChI is InChI=1S/C14H19NO2/c16-12-14(9-5-2-6-10-14)15(17)11-13-7-3-1-4-8-13/h1,3-4,7-8,11,16H,2,5-6,9-10,12H2/b15-11-. The van der Waals surface area contributed by atoms with Crippen LogP contribution in [0.25, 0.3) is 0 Å². The van der Waals surface area contributed by atoms with Crippen LogP contribution in [0.1, 0.15) is 37.7 Å². The molecule has 3 heteroatoms. The minimum Gasteiger partial charge on any atom is -0.623 e. The van der Waals surface area contributed by atoms with E-state index in [2.05, 4.69) is 0 Å². The van der Waals surface area contributed by atoms with Gasteiger partial charge in [-0.3, -0.25) is 0 Å². The van der Waals surface area contributed by atoms with Crippen molar-refractivity contribution in [2.45, 2.75) is 37.6 Å². The zero-order valence-corrected chi connectivity index (χ0v) is 10.0. The smallest absolute Gasteiger partial charge is 0.195 e. The Kier molecular flexibility index (Phi) is 3.79. The van der Waals surface area contributed by atoms with E-state index in [4.69, 9.17) is 0 Å². The Bertz CT molecular complexity index is 380. The molecule has 0 unspecified atom stereocenters. The van der Waals surface area contributed by atoms with Crippen molar-refractivity contribution in [1.29, 1.82) is 0 Å². The molecular formula is C14H19NO2. The summed E-state index contributed by atoms with van der Waals surface area (Å²) in [6, 6.07) is 9.55. The average Bonchev–Trinajstić information content (AvgIpc) is 2.40. The molecule has 1 saturated carbocycles. The highest BCUT2D eigenvalue weighted by molar-refractivity contribution is 5.75. The van der Waals surface area contributed by atoms with Crippen LogP contribution in [0.4, 0.5) is 0 Å². The van der Waals surface area contributed by atoms with Gasteiger partial charge in [0, 0.05) is 18.4 Å². The first kappa shape index (κ1) is 12.1. The Balaban J connectivity index is 2.22. The Morgan fingerprint density at radius 3 is 2.41 bits per heavy atom. The van der Waals surface area contributed by atoms with E-state index in [1.54, 1.807) is 6.21 Å². The minimum absolute atomic E-state index is 0.0557. The average molecular weight is 233 g/mol. The van der Waals surface area contributed by atoms with Crippen LogP contribution in [0.5, 0.6) is 0 Å². The second-order valence-electron chi connectivity index (χ2n) is 4.81. The lowest BCUT2D eigenvalue weighted by Gasteiger charge is -2.33. The Labute approximate surface area is 102 Å². The van der Waals surface area contributed by atoms with Crippen LogP contribution in [0, 0.1) is 5.21 Å². The number of rotatable bonds is 3. The van der Waals surface area contributed by atoms with E-state index in [9.17, 15) is 10.3 Å². The van der Waals surface area contributed by atoms with Crippen molar-refractivity contribution in [2.75, 3.05) is 6.61 Å². The third kappa shape index (κ3) is 2.67. The van der Waals surface area contributed by atoms with Gasteiger partial charge in [-0.15, -0.1) is 0 Å². The molecule has 1 aliphatic rings. The molecule has 0 heterocycles. The third-order valence-corrected chi connectivity index (χ3v) is 3.61. The summed E-state index contributed by atoms with van der Waals surface area (Å²) in [4.78, 5) is 0. The third-order valence-electron chi connectivity index (χ3n) is 3.61. The van der Waals surface area contributed by atoms with Crippen molar-refractivity contribution >= 4 is 6.21 Å². The first-order chi connectivity index (χ1) is 8.27. The van der Waals surface area contributed by atoms with Gasteiger partial charge in [0.2, 0.25) is 0 Å². The lowest BCUT2D eigenvalue weighted by Crippen LogP contribution is -2.45. The van der Waals surface area contributed by atoms with Gasteiger partial charge in [0.05, 0.1) is 0 Å². The molecule has 1 fully saturated rings. The SMILES string of the molecule is [O-]/[N+](=C\c1ccccc1)C1(CO)CCCCC1. The molecule has 1 aromatic carbocycles. The molecule has 1 aliphatic carbocycles. The summed E-state index contributed by atoms with van der Waals surface area (Å²) >= 11 is 0. The Hall–Kier alpha value is -1.35. The van der Waals surface area contributed by atoms with Gasteiger partial charge in [-0.2, -0.15) is 0 Å². The Morgan fingerprint density at radius 1 is 1.18 bits per heavy atom. The fourth-order valence-electron chi connectivity index (χ4n) is 2.47. The first-order valence-corrected chi connectivity index (χ1v) is 6.24. The van der Waals surface area contributed by atoms with Gasteiger partial charge in [-0.1, -0.05) is 24.6 Å². The fraction of sp³-hybridized carbons (Fsp3) is 0.500. The summed E-state index contributed by atoms with van der Waals surface area (Å²) in [5.74, 6) is 0. The molecular weight excluding hydrogens is 214 g/mol. The zero-order valence-electron chi connectivity index (χ0n) is 10.0. The van der Waals surface area contributed by atoms with Crippen LogP contribution in [0.3, 0.4) is 0 Å². The highest BCUT2D eigenvalue weighted by Gasteiger charge is 2.39. The molecule has 0 saturated heterocycles. The van der Waals surface area contributed by atoms with Crippen molar-refractivity contribution in [3.8, 4) is 0 Å². The number of hydrogen-bond donors (Lipinski definition) is 1. The van der Waals surface area contributed by atoms with E-state index in [0.717, 1.165) is 36.0 Å². The molecule has 0 bridgehead atoms. The second-order valence-corrected chi connectivity index (χ2v) is 4.81. The maximum Gasteiger partial charge on any atom is 0.195 e. The van der Waals surface area contributed by atoms with E-state index >= 15 is 0 Å². The molecule has 3 nitrogen and oxygen atoms in total. The fourth-order valence-corrected chi connectivity index (χ4v) is 2.47. The van der Waals surface area contributed by atoms with Gasteiger partial charge >= 0.3 is 0 Å². The van der Waals surface area contributed by atoms with Crippen molar-refractivity contribution in [3.05, 3.63) is 41.1 Å². The van der Waals surface area contributed by atoms with E-state index in [1.807, 2.05) is 30.3 Å². The first-order valence-electron chi connectivity index (χ1n) is 6.24. The number of benzene rings is 1. The predicted octanol–water partition coefficient (Wildman–Crippen LogP) is 2.31. The molecule has 0 aliphatic heterocycles. The largest absolute Gasteiger partial charge is 0.623 e. The summed E-state index contributed by atoms with van der Waals surface area (Å²) < 4.78 is 0.974. The number of hydrogen-bond acceptors (Lipinski definition) is 2. The topological polar surface area (TPSA) is 46.3 Å². The van der Waals surface area contributed by atoms with Gasteiger partial charge in [-0.05, 0) is 25.0 Å². The second kappa shape index (κ2) is 5.32. The van der Waals surface area contributed by atoms with Crippen LogP contribution in [0.15, 0.2) is 30.3 Å². The van der Waals surface area contributed by atoms with Crippen LogP contribution >= 0.6 is 0 Å². The number of hydroxylamine groups is 1. The molecule has 1 N–H and O–H groups in total. The van der Waals surface area contributed by atoms with Crippen molar-refractivity contribution in [3.63, 3.8) is 0 Å². The van der Waals surface area contributed by atoms with Crippen molar-refractivity contribution < 1.29 is 9.85 Å². The number of nitrogens with zero attached hydrogens (tertiary/aromatic N) is 1. The van der Waals surface area contributed by atoms with E-state index < -0.39 is 5.54 Å². The Morgan fingerprint density at radius 2 is 1.82 bits per heavy atom. The molecule has 0 aromatic heterocycles. The summed E-state index contributed by atoms with van der Waals surface area (Å²) in [5.41, 5.74) is 0.301. The van der Waals surface area contributed by atoms with Crippen LogP contribution in [-0.2, 0) is 0 Å². The normalized spacial score (nSPS) is 20.2. The summed E-state index contributed by atoms with van der Waals surface area (Å²) in [5, 5.41) is 21.7.